The number of rotatable bonds is 4. The fraction of sp³-hybridized carbons (Fsp3) is 0.562. The average Bonchev–Trinajstić information content (AvgIpc) is 2.95. The Morgan fingerprint density at radius 3 is 2.95 bits per heavy atom. The van der Waals surface area contributed by atoms with E-state index in [-0.39, 0.29) is 11.9 Å². The van der Waals surface area contributed by atoms with Crippen LogP contribution >= 0.6 is 0 Å². The van der Waals surface area contributed by atoms with E-state index >= 15 is 0 Å². The van der Waals surface area contributed by atoms with Gasteiger partial charge in [0.1, 0.15) is 5.75 Å². The average molecular weight is 276 g/mol. The van der Waals surface area contributed by atoms with Gasteiger partial charge in [-0.1, -0.05) is 19.1 Å². The van der Waals surface area contributed by atoms with Gasteiger partial charge in [0, 0.05) is 6.54 Å². The van der Waals surface area contributed by atoms with Gasteiger partial charge in [0.25, 0.3) is 0 Å². The minimum atomic E-state index is -0.776. The summed E-state index contributed by atoms with van der Waals surface area (Å²) < 4.78 is 5.27. The molecule has 4 nitrogen and oxygen atoms in total. The predicted octanol–water partition coefficient (Wildman–Crippen LogP) is 2.49. The summed E-state index contributed by atoms with van der Waals surface area (Å²) in [5, 5.41) is 0. The van der Waals surface area contributed by atoms with Crippen molar-refractivity contribution in [1.82, 2.24) is 4.90 Å². The van der Waals surface area contributed by atoms with Crippen LogP contribution in [-0.4, -0.2) is 30.0 Å². The van der Waals surface area contributed by atoms with Crippen molar-refractivity contribution >= 4 is 5.91 Å². The van der Waals surface area contributed by atoms with Gasteiger partial charge in [-0.15, -0.1) is 0 Å². The van der Waals surface area contributed by atoms with Crippen molar-refractivity contribution in [3.8, 4) is 5.75 Å². The van der Waals surface area contributed by atoms with E-state index in [0.717, 1.165) is 30.7 Å². The van der Waals surface area contributed by atoms with Crippen molar-refractivity contribution in [1.29, 1.82) is 0 Å². The summed E-state index contributed by atoms with van der Waals surface area (Å²) in [6.45, 7) is 4.55. The molecule has 1 aliphatic rings. The number of methoxy groups -OCH3 is 1. The molecule has 0 radical (unpaired) electrons. The van der Waals surface area contributed by atoms with Crippen LogP contribution in [0.25, 0.3) is 0 Å². The lowest BCUT2D eigenvalue weighted by molar-refractivity contribution is -0.137. The number of nitrogens with two attached hydrogens (primary N) is 1. The van der Waals surface area contributed by atoms with E-state index in [4.69, 9.17) is 10.5 Å². The number of hydrogen-bond donors (Lipinski definition) is 1. The van der Waals surface area contributed by atoms with E-state index in [1.807, 2.05) is 36.9 Å². The number of nitrogens with zero attached hydrogens (tertiary/aromatic N) is 1. The molecule has 1 saturated heterocycles. The summed E-state index contributed by atoms with van der Waals surface area (Å²) >= 11 is 0. The minimum absolute atomic E-state index is 0.0466. The molecule has 0 aromatic heterocycles. The second-order valence-corrected chi connectivity index (χ2v) is 5.70. The molecule has 0 bridgehead atoms. The number of amides is 1. The third kappa shape index (κ3) is 2.80. The van der Waals surface area contributed by atoms with Crippen molar-refractivity contribution < 1.29 is 9.53 Å². The first-order valence-corrected chi connectivity index (χ1v) is 7.23. The maximum atomic E-state index is 12.6. The van der Waals surface area contributed by atoms with Gasteiger partial charge < -0.3 is 15.4 Å². The van der Waals surface area contributed by atoms with Crippen LogP contribution < -0.4 is 10.5 Å². The molecule has 1 aliphatic heterocycles. The smallest absolute Gasteiger partial charge is 0.242 e. The maximum Gasteiger partial charge on any atom is 0.242 e. The van der Waals surface area contributed by atoms with Crippen LogP contribution in [0.5, 0.6) is 5.75 Å². The fourth-order valence-corrected chi connectivity index (χ4v) is 2.68. The van der Waals surface area contributed by atoms with Crippen molar-refractivity contribution in [2.24, 2.45) is 5.73 Å². The topological polar surface area (TPSA) is 55.6 Å². The summed E-state index contributed by atoms with van der Waals surface area (Å²) in [7, 11) is 1.66. The van der Waals surface area contributed by atoms with Crippen LogP contribution in [-0.2, 0) is 4.79 Å². The summed E-state index contributed by atoms with van der Waals surface area (Å²) in [5.74, 6) is 0.873. The minimum Gasteiger partial charge on any atom is -0.497 e. The Kier molecular flexibility index (Phi) is 4.33. The van der Waals surface area contributed by atoms with Gasteiger partial charge in [-0.3, -0.25) is 4.79 Å². The highest BCUT2D eigenvalue weighted by atomic mass is 16.5. The summed E-state index contributed by atoms with van der Waals surface area (Å²) in [6, 6.07) is 8.07. The van der Waals surface area contributed by atoms with E-state index in [2.05, 4.69) is 6.07 Å². The molecule has 1 amide bonds. The van der Waals surface area contributed by atoms with Gasteiger partial charge in [-0.05, 0) is 43.9 Å². The summed E-state index contributed by atoms with van der Waals surface area (Å²) in [5.41, 5.74) is 6.47. The number of ether oxygens (including phenoxy) is 1. The highest BCUT2D eigenvalue weighted by molar-refractivity contribution is 5.86. The molecule has 2 atom stereocenters. The standard InChI is InChI=1S/C16H24N2O2/c1-4-16(2,17)15(19)18-10-6-9-14(18)12-7-5-8-13(11-12)20-3/h5,7-8,11,14H,4,6,9-10,17H2,1-3H3. The monoisotopic (exact) mass is 276 g/mol. The molecular formula is C16H24N2O2. The molecule has 0 aliphatic carbocycles. The number of carbonyl (C=O) groups excluding carboxylic acids is 1. The lowest BCUT2D eigenvalue weighted by atomic mass is 9.96. The first kappa shape index (κ1) is 14.9. The molecule has 2 unspecified atom stereocenters. The SMILES string of the molecule is CCC(C)(N)C(=O)N1CCCC1c1cccc(OC)c1. The third-order valence-corrected chi connectivity index (χ3v) is 4.22. The maximum absolute atomic E-state index is 12.6. The Morgan fingerprint density at radius 2 is 2.30 bits per heavy atom. The lowest BCUT2D eigenvalue weighted by Crippen LogP contribution is -2.52. The van der Waals surface area contributed by atoms with Gasteiger partial charge in [0.05, 0.1) is 18.7 Å². The molecule has 2 rings (SSSR count). The predicted molar refractivity (Wildman–Crippen MR) is 79.6 cm³/mol. The Balaban J connectivity index is 2.25. The summed E-state index contributed by atoms with van der Waals surface area (Å²) in [6.07, 6.45) is 2.65. The van der Waals surface area contributed by atoms with E-state index in [0.29, 0.717) is 6.42 Å². The molecule has 0 saturated carbocycles. The van der Waals surface area contributed by atoms with Crippen LogP contribution in [0.1, 0.15) is 44.7 Å². The number of likely N-dealkylation sites (tertiary alicyclic amines) is 1. The molecule has 2 N–H and O–H groups in total. The molecule has 1 fully saturated rings. The second-order valence-electron chi connectivity index (χ2n) is 5.70. The van der Waals surface area contributed by atoms with E-state index < -0.39 is 5.54 Å². The Morgan fingerprint density at radius 1 is 1.55 bits per heavy atom. The van der Waals surface area contributed by atoms with E-state index in [1.165, 1.54) is 0 Å². The Labute approximate surface area is 120 Å². The normalized spacial score (nSPS) is 21.6. The molecule has 1 heterocycles. The highest BCUT2D eigenvalue weighted by Crippen LogP contribution is 2.34. The van der Waals surface area contributed by atoms with Crippen LogP contribution in [0.15, 0.2) is 24.3 Å². The van der Waals surface area contributed by atoms with Gasteiger partial charge in [-0.25, -0.2) is 0 Å². The molecule has 0 spiro atoms. The first-order chi connectivity index (χ1) is 9.49. The van der Waals surface area contributed by atoms with E-state index in [9.17, 15) is 4.79 Å². The van der Waals surface area contributed by atoms with Crippen molar-refractivity contribution in [3.63, 3.8) is 0 Å². The van der Waals surface area contributed by atoms with Crippen molar-refractivity contribution in [2.45, 2.75) is 44.7 Å². The Hall–Kier alpha value is -1.55. The second kappa shape index (κ2) is 5.83. The van der Waals surface area contributed by atoms with Crippen LogP contribution in [0.4, 0.5) is 0 Å². The van der Waals surface area contributed by atoms with Gasteiger partial charge in [-0.2, -0.15) is 0 Å². The largest absolute Gasteiger partial charge is 0.497 e. The molecule has 4 heteroatoms. The van der Waals surface area contributed by atoms with Gasteiger partial charge in [0.15, 0.2) is 0 Å². The van der Waals surface area contributed by atoms with Gasteiger partial charge >= 0.3 is 0 Å². The molecule has 20 heavy (non-hydrogen) atoms. The molecule has 1 aromatic carbocycles. The third-order valence-electron chi connectivity index (χ3n) is 4.22. The zero-order valence-corrected chi connectivity index (χ0v) is 12.6. The fourth-order valence-electron chi connectivity index (χ4n) is 2.68. The number of carbonyl (C=O) groups is 1. The Bertz CT molecular complexity index is 485. The lowest BCUT2D eigenvalue weighted by Gasteiger charge is -2.32. The van der Waals surface area contributed by atoms with Crippen molar-refractivity contribution in [3.05, 3.63) is 29.8 Å². The quantitative estimate of drug-likeness (QED) is 0.919. The first-order valence-electron chi connectivity index (χ1n) is 7.23. The van der Waals surface area contributed by atoms with Crippen LogP contribution in [0.3, 0.4) is 0 Å². The van der Waals surface area contributed by atoms with Crippen LogP contribution in [0, 0.1) is 0 Å². The van der Waals surface area contributed by atoms with Crippen molar-refractivity contribution in [2.75, 3.05) is 13.7 Å². The zero-order valence-electron chi connectivity index (χ0n) is 12.6. The highest BCUT2D eigenvalue weighted by Gasteiger charge is 2.37. The number of benzene rings is 1. The van der Waals surface area contributed by atoms with Crippen LogP contribution in [0.2, 0.25) is 0 Å². The molecular weight excluding hydrogens is 252 g/mol. The summed E-state index contributed by atoms with van der Waals surface area (Å²) in [4.78, 5) is 14.5. The van der Waals surface area contributed by atoms with Gasteiger partial charge in [0.2, 0.25) is 5.91 Å². The zero-order chi connectivity index (χ0) is 14.8. The number of hydrogen-bond acceptors (Lipinski definition) is 3. The molecule has 110 valence electrons. The molecule has 1 aromatic rings. The van der Waals surface area contributed by atoms with E-state index in [1.54, 1.807) is 7.11 Å².